The fourth-order valence-corrected chi connectivity index (χ4v) is 3.35. The maximum atomic E-state index is 11.9. The molecule has 0 saturated heterocycles. The largest absolute Gasteiger partial charge is 0.504 e. The highest BCUT2D eigenvalue weighted by molar-refractivity contribution is 5.78. The van der Waals surface area contributed by atoms with Gasteiger partial charge in [0.25, 0.3) is 0 Å². The van der Waals surface area contributed by atoms with Crippen LogP contribution >= 0.6 is 0 Å². The maximum Gasteiger partial charge on any atom is 0.224 e. The van der Waals surface area contributed by atoms with Gasteiger partial charge in [-0.2, -0.15) is 0 Å². The molecule has 1 aromatic rings. The van der Waals surface area contributed by atoms with Gasteiger partial charge in [-0.1, -0.05) is 76.5 Å². The van der Waals surface area contributed by atoms with Crippen molar-refractivity contribution >= 4 is 5.91 Å². The van der Waals surface area contributed by atoms with Crippen LogP contribution < -0.4 is 5.32 Å². The van der Waals surface area contributed by atoms with Crippen LogP contribution in [0.15, 0.2) is 30.4 Å². The summed E-state index contributed by atoms with van der Waals surface area (Å²) in [6.07, 6.45) is 21.4. The molecule has 0 radical (unpaired) electrons. The van der Waals surface area contributed by atoms with Gasteiger partial charge >= 0.3 is 0 Å². The third kappa shape index (κ3) is 13.8. The summed E-state index contributed by atoms with van der Waals surface area (Å²) < 4.78 is 0. The summed E-state index contributed by atoms with van der Waals surface area (Å²) in [5, 5.41) is 21.7. The summed E-state index contributed by atoms with van der Waals surface area (Å²) in [6.45, 7) is 2.95. The summed E-state index contributed by atoms with van der Waals surface area (Å²) in [6, 6.07) is 4.48. The first-order valence-electron chi connectivity index (χ1n) is 11.6. The van der Waals surface area contributed by atoms with E-state index in [4.69, 9.17) is 0 Å². The second-order valence-electron chi connectivity index (χ2n) is 7.93. The zero-order chi connectivity index (χ0) is 21.2. The van der Waals surface area contributed by atoms with Crippen molar-refractivity contribution in [2.75, 3.05) is 6.54 Å². The highest BCUT2D eigenvalue weighted by atomic mass is 16.3. The first-order valence-corrected chi connectivity index (χ1v) is 11.6. The number of rotatable bonds is 17. The number of carbonyl (C=O) groups excluding carboxylic acids is 1. The molecule has 3 N–H and O–H groups in total. The lowest BCUT2D eigenvalue weighted by molar-refractivity contribution is -0.120. The fourth-order valence-electron chi connectivity index (χ4n) is 3.35. The molecule has 0 aliphatic carbocycles. The molecule has 4 nitrogen and oxygen atoms in total. The Hall–Kier alpha value is -1.97. The molecule has 0 aromatic heterocycles. The molecule has 29 heavy (non-hydrogen) atoms. The van der Waals surface area contributed by atoms with Crippen LogP contribution in [0.3, 0.4) is 0 Å². The van der Waals surface area contributed by atoms with Gasteiger partial charge in [0.2, 0.25) is 5.91 Å². The quantitative estimate of drug-likeness (QED) is 0.160. The predicted molar refractivity (Wildman–Crippen MR) is 121 cm³/mol. The summed E-state index contributed by atoms with van der Waals surface area (Å²) in [7, 11) is 0. The van der Waals surface area contributed by atoms with E-state index in [9.17, 15) is 15.0 Å². The van der Waals surface area contributed by atoms with Crippen LogP contribution in [-0.4, -0.2) is 22.7 Å². The average molecular weight is 404 g/mol. The average Bonchev–Trinajstić information content (AvgIpc) is 2.70. The van der Waals surface area contributed by atoms with Crippen molar-refractivity contribution in [2.45, 2.75) is 96.8 Å². The lowest BCUT2D eigenvalue weighted by Gasteiger charge is -2.06. The normalized spacial score (nSPS) is 11.2. The Morgan fingerprint density at radius 1 is 0.828 bits per heavy atom. The Balaban J connectivity index is 1.88. The zero-order valence-corrected chi connectivity index (χ0v) is 18.3. The number of unbranched alkanes of at least 4 members (excludes halogenated alkanes) is 11. The highest BCUT2D eigenvalue weighted by Crippen LogP contribution is 2.24. The van der Waals surface area contributed by atoms with Gasteiger partial charge in [0.05, 0.1) is 6.42 Å². The second-order valence-corrected chi connectivity index (χ2v) is 7.93. The Kier molecular flexibility index (Phi) is 14.6. The standard InChI is InChI=1S/C25H41NO3/c1-2-3-4-5-6-7-8-9-10-11-12-13-14-15-16-19-26-25(29)21-22-17-18-23(27)24(28)20-22/h9-10,17-18,20,27-28H,2-8,11-16,19,21H2,1H3,(H,26,29). The molecule has 1 rings (SSSR count). The topological polar surface area (TPSA) is 69.6 Å². The maximum absolute atomic E-state index is 11.9. The van der Waals surface area contributed by atoms with Crippen molar-refractivity contribution < 1.29 is 15.0 Å². The minimum absolute atomic E-state index is 0.0504. The van der Waals surface area contributed by atoms with E-state index in [1.165, 1.54) is 82.8 Å². The molecular formula is C25H41NO3. The molecule has 0 spiro atoms. The Morgan fingerprint density at radius 3 is 2.03 bits per heavy atom. The number of benzene rings is 1. The van der Waals surface area contributed by atoms with Gasteiger partial charge in [0, 0.05) is 6.54 Å². The van der Waals surface area contributed by atoms with E-state index >= 15 is 0 Å². The molecule has 0 bridgehead atoms. The second kappa shape index (κ2) is 16.9. The third-order valence-corrected chi connectivity index (χ3v) is 5.17. The van der Waals surface area contributed by atoms with Crippen LogP contribution in [0.5, 0.6) is 11.5 Å². The van der Waals surface area contributed by atoms with E-state index in [1.807, 2.05) is 0 Å². The number of aromatic hydroxyl groups is 2. The van der Waals surface area contributed by atoms with Gasteiger partial charge < -0.3 is 15.5 Å². The number of carbonyl (C=O) groups is 1. The van der Waals surface area contributed by atoms with Crippen molar-refractivity contribution in [3.63, 3.8) is 0 Å². The fraction of sp³-hybridized carbons (Fsp3) is 0.640. The molecule has 164 valence electrons. The van der Waals surface area contributed by atoms with Gasteiger partial charge in [-0.05, 0) is 49.8 Å². The van der Waals surface area contributed by atoms with Crippen LogP contribution in [-0.2, 0) is 11.2 Å². The highest BCUT2D eigenvalue weighted by Gasteiger charge is 2.05. The van der Waals surface area contributed by atoms with Crippen LogP contribution in [0.2, 0.25) is 0 Å². The Labute approximate surface area is 177 Å². The lowest BCUT2D eigenvalue weighted by Crippen LogP contribution is -2.26. The molecule has 0 heterocycles. The SMILES string of the molecule is CCCCCCCCC=CCCCCCCCNC(=O)Cc1ccc(O)c(O)c1. The van der Waals surface area contributed by atoms with Crippen LogP contribution in [0.1, 0.15) is 96.0 Å². The third-order valence-electron chi connectivity index (χ3n) is 5.17. The van der Waals surface area contributed by atoms with E-state index in [-0.39, 0.29) is 23.8 Å². The Bertz CT molecular complexity index is 583. The smallest absolute Gasteiger partial charge is 0.224 e. The molecule has 0 atom stereocenters. The van der Waals surface area contributed by atoms with Gasteiger partial charge in [0.15, 0.2) is 11.5 Å². The monoisotopic (exact) mass is 403 g/mol. The number of nitrogens with one attached hydrogen (secondary N) is 1. The van der Waals surface area contributed by atoms with E-state index < -0.39 is 0 Å². The summed E-state index contributed by atoms with van der Waals surface area (Å²) in [5.41, 5.74) is 0.697. The van der Waals surface area contributed by atoms with Crippen molar-refractivity contribution in [3.8, 4) is 11.5 Å². The summed E-state index contributed by atoms with van der Waals surface area (Å²) >= 11 is 0. The zero-order valence-electron chi connectivity index (χ0n) is 18.3. The molecular weight excluding hydrogens is 362 g/mol. The lowest BCUT2D eigenvalue weighted by atomic mass is 10.1. The van der Waals surface area contributed by atoms with Gasteiger partial charge in [-0.3, -0.25) is 4.79 Å². The van der Waals surface area contributed by atoms with Crippen molar-refractivity contribution in [2.24, 2.45) is 0 Å². The van der Waals surface area contributed by atoms with Crippen molar-refractivity contribution in [3.05, 3.63) is 35.9 Å². The van der Waals surface area contributed by atoms with Gasteiger partial charge in [-0.25, -0.2) is 0 Å². The van der Waals surface area contributed by atoms with Gasteiger partial charge in [0.1, 0.15) is 0 Å². The van der Waals surface area contributed by atoms with Crippen molar-refractivity contribution in [1.82, 2.24) is 5.32 Å². The molecule has 0 aliphatic rings. The number of allylic oxidation sites excluding steroid dienone is 2. The molecule has 0 fully saturated rings. The predicted octanol–water partition coefficient (Wildman–Crippen LogP) is 6.40. The molecule has 1 aromatic carbocycles. The van der Waals surface area contributed by atoms with E-state index in [0.29, 0.717) is 12.1 Å². The molecule has 0 saturated carbocycles. The van der Waals surface area contributed by atoms with Crippen molar-refractivity contribution in [1.29, 1.82) is 0 Å². The number of hydrogen-bond donors (Lipinski definition) is 3. The van der Waals surface area contributed by atoms with Crippen LogP contribution in [0, 0.1) is 0 Å². The first-order chi connectivity index (χ1) is 14.1. The van der Waals surface area contributed by atoms with E-state index in [1.54, 1.807) is 6.07 Å². The molecule has 4 heteroatoms. The van der Waals surface area contributed by atoms with Crippen LogP contribution in [0.25, 0.3) is 0 Å². The molecule has 0 unspecified atom stereocenters. The number of phenols is 2. The molecule has 1 amide bonds. The number of amides is 1. The molecule has 0 aliphatic heterocycles. The first kappa shape index (κ1) is 25.1. The summed E-state index contributed by atoms with van der Waals surface area (Å²) in [5.74, 6) is -0.402. The number of phenolic OH excluding ortho intramolecular Hbond substituents is 2. The van der Waals surface area contributed by atoms with Gasteiger partial charge in [-0.15, -0.1) is 0 Å². The summed E-state index contributed by atoms with van der Waals surface area (Å²) in [4.78, 5) is 11.9. The van der Waals surface area contributed by atoms with E-state index in [0.717, 1.165) is 12.8 Å². The minimum Gasteiger partial charge on any atom is -0.504 e. The van der Waals surface area contributed by atoms with Crippen LogP contribution in [0.4, 0.5) is 0 Å². The number of hydrogen-bond acceptors (Lipinski definition) is 3. The van der Waals surface area contributed by atoms with E-state index in [2.05, 4.69) is 24.4 Å². The minimum atomic E-state index is -0.187. The Morgan fingerprint density at radius 2 is 1.41 bits per heavy atom.